The number of carbonyl (C=O) groups excluding carboxylic acids is 1. The van der Waals surface area contributed by atoms with Gasteiger partial charge in [0.2, 0.25) is 0 Å². The van der Waals surface area contributed by atoms with Crippen LogP contribution in [-0.4, -0.2) is 63.5 Å². The molecule has 2 aromatic carbocycles. The summed E-state index contributed by atoms with van der Waals surface area (Å²) in [4.78, 5) is 15.8. The van der Waals surface area contributed by atoms with Gasteiger partial charge in [-0.1, -0.05) is 54.6 Å². The molecule has 0 saturated heterocycles. The number of thiol groups is 2. The van der Waals surface area contributed by atoms with Crippen molar-refractivity contribution in [1.29, 1.82) is 0 Å². The van der Waals surface area contributed by atoms with Crippen molar-refractivity contribution in [2.45, 2.75) is 34.6 Å². The lowest BCUT2D eigenvalue weighted by Gasteiger charge is -2.18. The minimum Gasteiger partial charge on any atom is -0.351 e. The maximum absolute atomic E-state index is 11.8. The van der Waals surface area contributed by atoms with E-state index in [-0.39, 0.29) is 5.78 Å². The Labute approximate surface area is 219 Å². The Morgan fingerprint density at radius 2 is 1.00 bits per heavy atom. The molecule has 0 aliphatic rings. The Morgan fingerprint density at radius 3 is 1.37 bits per heavy atom. The molecule has 0 aliphatic carbocycles. The summed E-state index contributed by atoms with van der Waals surface area (Å²) in [6, 6.07) is 16.9. The van der Waals surface area contributed by atoms with Crippen LogP contribution in [0.25, 0.3) is 0 Å². The Kier molecular flexibility index (Phi) is 11.7. The van der Waals surface area contributed by atoms with Crippen molar-refractivity contribution < 1.29 is 4.79 Å². The summed E-state index contributed by atoms with van der Waals surface area (Å²) in [5, 5.41) is 19.0. The number of carbonyl (C=O) groups is 1. The van der Waals surface area contributed by atoms with Gasteiger partial charge >= 0.3 is 0 Å². The van der Waals surface area contributed by atoms with Crippen LogP contribution in [0.1, 0.15) is 56.1 Å². The van der Waals surface area contributed by atoms with Gasteiger partial charge in [-0.2, -0.15) is 0 Å². The second-order valence-electron chi connectivity index (χ2n) is 7.54. The Morgan fingerprint density at radius 1 is 0.629 bits per heavy atom. The van der Waals surface area contributed by atoms with Crippen LogP contribution in [0.5, 0.6) is 0 Å². The molecular formula is C26H34N6OS2. The molecule has 0 unspecified atom stereocenters. The Hall–Kier alpha value is -2.91. The Balaban J connectivity index is 2.74. The molecule has 0 radical (unpaired) electrons. The summed E-state index contributed by atoms with van der Waals surface area (Å²) >= 11 is 9.09. The van der Waals surface area contributed by atoms with Crippen LogP contribution in [0.2, 0.25) is 0 Å². The molecule has 2 aromatic rings. The van der Waals surface area contributed by atoms with E-state index in [9.17, 15) is 4.79 Å². The molecule has 0 bridgehead atoms. The van der Waals surface area contributed by atoms with Crippen LogP contribution in [0.4, 0.5) is 0 Å². The predicted octanol–water partition coefficient (Wildman–Crippen LogP) is 5.25. The standard InChI is InChI=1S/C26H34N6OS2/c1-6-31(7-2)25(34)29-27-23(21-13-11-10-12-14-21)24(28-30-26(35)32(8-3)9-4)22-17-15-20(16-18-22)19(5)33/h10-18H,6-9H2,1-5H3,(H,29,34)(H,30,35)/b27-23+,28-24+. The number of benzene rings is 2. The van der Waals surface area contributed by atoms with Crippen LogP contribution >= 0.6 is 25.3 Å². The zero-order valence-electron chi connectivity index (χ0n) is 21.0. The summed E-state index contributed by atoms with van der Waals surface area (Å²) in [5.41, 5.74) is 3.23. The lowest BCUT2D eigenvalue weighted by atomic mass is 9.98. The molecule has 0 spiro atoms. The van der Waals surface area contributed by atoms with E-state index in [1.54, 1.807) is 19.1 Å². The maximum Gasteiger partial charge on any atom is 0.182 e. The second kappa shape index (κ2) is 14.5. The second-order valence-corrected chi connectivity index (χ2v) is 8.34. The molecule has 0 fully saturated rings. The number of nitrogens with zero attached hydrogens (tertiary/aromatic N) is 6. The molecule has 0 saturated carbocycles. The largest absolute Gasteiger partial charge is 0.351 e. The zero-order valence-corrected chi connectivity index (χ0v) is 22.8. The van der Waals surface area contributed by atoms with Crippen molar-refractivity contribution in [1.82, 2.24) is 9.80 Å². The van der Waals surface area contributed by atoms with E-state index in [2.05, 4.69) is 45.7 Å². The van der Waals surface area contributed by atoms with E-state index in [0.29, 0.717) is 27.3 Å². The normalized spacial score (nSPS) is 13.1. The molecule has 0 atom stereocenters. The third-order valence-electron chi connectivity index (χ3n) is 5.41. The zero-order chi connectivity index (χ0) is 25.8. The minimum absolute atomic E-state index is 0.00674. The van der Waals surface area contributed by atoms with Gasteiger partial charge in [-0.05, 0) is 34.6 Å². The minimum atomic E-state index is -0.00674. The van der Waals surface area contributed by atoms with Gasteiger partial charge in [0.15, 0.2) is 16.1 Å². The average molecular weight is 511 g/mol. The summed E-state index contributed by atoms with van der Waals surface area (Å²) in [7, 11) is 0. The molecule has 9 heteroatoms. The molecule has 186 valence electrons. The van der Waals surface area contributed by atoms with Crippen LogP contribution in [-0.2, 0) is 0 Å². The van der Waals surface area contributed by atoms with Crippen molar-refractivity contribution in [2.75, 3.05) is 26.2 Å². The summed E-state index contributed by atoms with van der Waals surface area (Å²) < 4.78 is 0. The highest BCUT2D eigenvalue weighted by molar-refractivity contribution is 7.97. The van der Waals surface area contributed by atoms with Gasteiger partial charge in [-0.25, -0.2) is 0 Å². The molecule has 0 aromatic heterocycles. The first kappa shape index (κ1) is 28.3. The molecule has 0 aliphatic heterocycles. The highest BCUT2D eigenvalue weighted by atomic mass is 32.1. The van der Waals surface area contributed by atoms with Gasteiger partial charge in [0, 0.05) is 42.9 Å². The van der Waals surface area contributed by atoms with Crippen molar-refractivity contribution >= 4 is 52.8 Å². The predicted molar refractivity (Wildman–Crippen MR) is 155 cm³/mol. The van der Waals surface area contributed by atoms with Gasteiger partial charge in [-0.3, -0.25) is 4.79 Å². The van der Waals surface area contributed by atoms with Crippen LogP contribution < -0.4 is 0 Å². The highest BCUT2D eigenvalue weighted by Gasteiger charge is 2.17. The van der Waals surface area contributed by atoms with E-state index < -0.39 is 0 Å². The molecule has 0 heterocycles. The average Bonchev–Trinajstić information content (AvgIpc) is 2.88. The number of Topliss-reactive ketones (excluding diaryl/α,β-unsaturated/α-hetero) is 1. The van der Waals surface area contributed by atoms with Crippen LogP contribution in [0, 0.1) is 0 Å². The van der Waals surface area contributed by atoms with Crippen molar-refractivity contribution in [2.24, 2.45) is 20.4 Å². The van der Waals surface area contributed by atoms with Gasteiger partial charge in [0.25, 0.3) is 0 Å². The topological polar surface area (TPSA) is 73.0 Å². The molecule has 0 N–H and O–H groups in total. The van der Waals surface area contributed by atoms with E-state index in [0.717, 1.165) is 37.3 Å². The van der Waals surface area contributed by atoms with Crippen LogP contribution in [0.15, 0.2) is 75.0 Å². The number of hydrogen-bond donors (Lipinski definition) is 2. The summed E-state index contributed by atoms with van der Waals surface area (Å²) in [6.45, 7) is 12.7. The summed E-state index contributed by atoms with van der Waals surface area (Å²) in [6.07, 6.45) is 0. The third kappa shape index (κ3) is 8.07. The van der Waals surface area contributed by atoms with Crippen molar-refractivity contribution in [3.63, 3.8) is 0 Å². The van der Waals surface area contributed by atoms with Gasteiger partial charge in [0.1, 0.15) is 11.4 Å². The molecule has 0 amide bonds. The quantitative estimate of drug-likeness (QED) is 0.151. The fourth-order valence-electron chi connectivity index (χ4n) is 3.27. The molecular weight excluding hydrogens is 476 g/mol. The monoisotopic (exact) mass is 510 g/mol. The number of ketones is 1. The summed E-state index contributed by atoms with van der Waals surface area (Å²) in [5.74, 6) is -0.00674. The van der Waals surface area contributed by atoms with E-state index >= 15 is 0 Å². The molecule has 35 heavy (non-hydrogen) atoms. The van der Waals surface area contributed by atoms with E-state index in [1.165, 1.54) is 0 Å². The lowest BCUT2D eigenvalue weighted by molar-refractivity contribution is 0.101. The number of rotatable bonds is 10. The smallest absolute Gasteiger partial charge is 0.182 e. The van der Waals surface area contributed by atoms with Gasteiger partial charge < -0.3 is 9.80 Å². The third-order valence-corrected chi connectivity index (χ3v) is 6.15. The molecule has 7 nitrogen and oxygen atoms in total. The Bertz CT molecular complexity index is 1090. The van der Waals surface area contributed by atoms with E-state index in [1.807, 2.05) is 80.0 Å². The first-order valence-corrected chi connectivity index (χ1v) is 12.6. The first-order valence-electron chi connectivity index (χ1n) is 11.7. The van der Waals surface area contributed by atoms with Gasteiger partial charge in [-0.15, -0.1) is 45.7 Å². The maximum atomic E-state index is 11.8. The lowest BCUT2D eigenvalue weighted by Crippen LogP contribution is -2.27. The highest BCUT2D eigenvalue weighted by Crippen LogP contribution is 2.14. The first-order chi connectivity index (χ1) is 16.9. The van der Waals surface area contributed by atoms with Gasteiger partial charge in [0.05, 0.1) is 0 Å². The van der Waals surface area contributed by atoms with Crippen molar-refractivity contribution in [3.8, 4) is 0 Å². The fraction of sp³-hybridized carbons (Fsp3) is 0.346. The SMILES string of the molecule is CCN(CC)/C(S)=N/N=C(/C(=N/N=C(\S)N(CC)CC)c1ccc(C(C)=O)cc1)c1ccccc1. The molecule has 2 rings (SSSR count). The number of amidine groups is 2. The fourth-order valence-corrected chi connectivity index (χ4v) is 3.93. The van der Waals surface area contributed by atoms with Crippen molar-refractivity contribution in [3.05, 3.63) is 71.3 Å². The van der Waals surface area contributed by atoms with E-state index in [4.69, 9.17) is 0 Å². The number of hydrogen-bond acceptors (Lipinski definition) is 5. The van der Waals surface area contributed by atoms with Crippen LogP contribution in [0.3, 0.4) is 0 Å².